The van der Waals surface area contributed by atoms with Crippen LogP contribution in [0.5, 0.6) is 0 Å². The number of aromatic nitrogens is 2. The first-order valence-electron chi connectivity index (χ1n) is 12.0. The van der Waals surface area contributed by atoms with Crippen LogP contribution in [0.2, 0.25) is 0 Å². The molecule has 176 valence electrons. The largest absolute Gasteiger partial charge is 0.346 e. The van der Waals surface area contributed by atoms with Crippen molar-refractivity contribution in [2.45, 2.75) is 44.1 Å². The SMILES string of the molecule is N#CCCCSN1CC(CC#N)(N2CC=C(c3cc(NC(=O)C4CC4)nc4[nH]ccc34)CC2)C1. The van der Waals surface area contributed by atoms with E-state index in [-0.39, 0.29) is 17.4 Å². The molecule has 3 aliphatic rings. The van der Waals surface area contributed by atoms with Crippen molar-refractivity contribution >= 4 is 40.3 Å². The molecule has 1 amide bonds. The first-order valence-corrected chi connectivity index (χ1v) is 12.9. The molecule has 1 saturated heterocycles. The van der Waals surface area contributed by atoms with Gasteiger partial charge in [0.15, 0.2) is 0 Å². The smallest absolute Gasteiger partial charge is 0.228 e. The number of carbonyl (C=O) groups excluding carboxylic acids is 1. The number of rotatable bonds is 9. The summed E-state index contributed by atoms with van der Waals surface area (Å²) in [5, 5.41) is 22.3. The number of fused-ring (bicyclic) bond motifs is 1. The number of hydrogen-bond acceptors (Lipinski definition) is 7. The van der Waals surface area contributed by atoms with Gasteiger partial charge in [-0.3, -0.25) is 9.69 Å². The molecule has 1 saturated carbocycles. The summed E-state index contributed by atoms with van der Waals surface area (Å²) in [4.78, 5) is 22.5. The minimum absolute atomic E-state index is 0.0617. The third kappa shape index (κ3) is 4.69. The van der Waals surface area contributed by atoms with Crippen molar-refractivity contribution < 1.29 is 4.79 Å². The van der Waals surface area contributed by atoms with Crippen molar-refractivity contribution in [2.24, 2.45) is 5.92 Å². The van der Waals surface area contributed by atoms with E-state index in [2.05, 4.69) is 42.7 Å². The molecular weight excluding hydrogens is 446 g/mol. The minimum Gasteiger partial charge on any atom is -0.346 e. The van der Waals surface area contributed by atoms with Crippen molar-refractivity contribution in [1.29, 1.82) is 10.5 Å². The Kier molecular flexibility index (Phi) is 6.60. The maximum atomic E-state index is 12.3. The van der Waals surface area contributed by atoms with Crippen LogP contribution in [0.1, 0.15) is 44.1 Å². The van der Waals surface area contributed by atoms with Gasteiger partial charge < -0.3 is 10.3 Å². The number of aromatic amines is 1. The van der Waals surface area contributed by atoms with Crippen molar-refractivity contribution in [3.8, 4) is 12.1 Å². The Balaban J connectivity index is 1.28. The topological polar surface area (TPSA) is 112 Å². The molecule has 0 spiro atoms. The summed E-state index contributed by atoms with van der Waals surface area (Å²) in [6.45, 7) is 3.48. The van der Waals surface area contributed by atoms with Gasteiger partial charge in [-0.2, -0.15) is 10.5 Å². The van der Waals surface area contributed by atoms with Crippen LogP contribution in [0.4, 0.5) is 5.82 Å². The van der Waals surface area contributed by atoms with E-state index in [0.717, 1.165) is 74.2 Å². The highest BCUT2D eigenvalue weighted by Gasteiger charge is 2.47. The van der Waals surface area contributed by atoms with Gasteiger partial charge in [-0.15, -0.1) is 0 Å². The van der Waals surface area contributed by atoms with E-state index in [0.29, 0.717) is 18.7 Å². The molecule has 1 aliphatic carbocycles. The van der Waals surface area contributed by atoms with E-state index >= 15 is 0 Å². The van der Waals surface area contributed by atoms with Gasteiger partial charge in [-0.25, -0.2) is 9.29 Å². The van der Waals surface area contributed by atoms with Crippen molar-refractivity contribution in [3.63, 3.8) is 0 Å². The summed E-state index contributed by atoms with van der Waals surface area (Å²) in [6.07, 6.45) is 9.01. The number of pyridine rings is 1. The Labute approximate surface area is 204 Å². The number of nitrogens with one attached hydrogen (secondary N) is 2. The van der Waals surface area contributed by atoms with Gasteiger partial charge in [0.1, 0.15) is 11.5 Å². The number of carbonyl (C=O) groups is 1. The van der Waals surface area contributed by atoms with Crippen LogP contribution in [0.3, 0.4) is 0 Å². The molecule has 5 rings (SSSR count). The van der Waals surface area contributed by atoms with Gasteiger partial charge in [0, 0.05) is 55.9 Å². The molecule has 0 atom stereocenters. The Bertz CT molecular complexity index is 1180. The molecular formula is C25H29N7OS. The Morgan fingerprint density at radius 3 is 2.88 bits per heavy atom. The van der Waals surface area contributed by atoms with Crippen LogP contribution in [0.15, 0.2) is 24.4 Å². The van der Waals surface area contributed by atoms with Gasteiger partial charge in [0.2, 0.25) is 5.91 Å². The zero-order valence-electron chi connectivity index (χ0n) is 19.2. The lowest BCUT2D eigenvalue weighted by atomic mass is 9.84. The van der Waals surface area contributed by atoms with Gasteiger partial charge in [0.25, 0.3) is 0 Å². The number of amides is 1. The zero-order chi connectivity index (χ0) is 23.5. The first-order chi connectivity index (χ1) is 16.6. The summed E-state index contributed by atoms with van der Waals surface area (Å²) >= 11 is 1.79. The molecule has 0 bridgehead atoms. The maximum Gasteiger partial charge on any atom is 0.228 e. The number of nitrogens with zero attached hydrogens (tertiary/aromatic N) is 5. The molecule has 8 nitrogen and oxygen atoms in total. The fourth-order valence-electron chi connectivity index (χ4n) is 4.90. The average molecular weight is 476 g/mol. The summed E-state index contributed by atoms with van der Waals surface area (Å²) in [7, 11) is 0. The molecule has 34 heavy (non-hydrogen) atoms. The fourth-order valence-corrected chi connectivity index (χ4v) is 6.10. The third-order valence-corrected chi connectivity index (χ3v) is 8.10. The molecule has 0 aromatic carbocycles. The monoisotopic (exact) mass is 475 g/mol. The lowest BCUT2D eigenvalue weighted by molar-refractivity contribution is -0.117. The Hall–Kier alpha value is -2.85. The second-order valence-electron chi connectivity index (χ2n) is 9.44. The van der Waals surface area contributed by atoms with E-state index in [1.807, 2.05) is 18.3 Å². The molecule has 2 aliphatic heterocycles. The van der Waals surface area contributed by atoms with Crippen molar-refractivity contribution in [1.82, 2.24) is 19.2 Å². The minimum atomic E-state index is -0.0932. The predicted octanol–water partition coefficient (Wildman–Crippen LogP) is 3.92. The summed E-state index contributed by atoms with van der Waals surface area (Å²) in [5.41, 5.74) is 3.08. The summed E-state index contributed by atoms with van der Waals surface area (Å²) in [6, 6.07) is 8.66. The van der Waals surface area contributed by atoms with Gasteiger partial charge in [-0.1, -0.05) is 18.0 Å². The van der Waals surface area contributed by atoms with Gasteiger partial charge in [-0.05, 0) is 49.0 Å². The van der Waals surface area contributed by atoms with E-state index in [4.69, 9.17) is 5.26 Å². The molecule has 9 heteroatoms. The van der Waals surface area contributed by atoms with Gasteiger partial charge >= 0.3 is 0 Å². The maximum absolute atomic E-state index is 12.3. The Morgan fingerprint density at radius 1 is 1.32 bits per heavy atom. The molecule has 4 heterocycles. The second-order valence-corrected chi connectivity index (χ2v) is 10.6. The highest BCUT2D eigenvalue weighted by Crippen LogP contribution is 2.39. The quantitative estimate of drug-likeness (QED) is 0.417. The molecule has 2 fully saturated rings. The first kappa shape index (κ1) is 22.9. The van der Waals surface area contributed by atoms with Crippen LogP contribution in [0, 0.1) is 28.6 Å². The Morgan fingerprint density at radius 2 is 2.18 bits per heavy atom. The van der Waals surface area contributed by atoms with Crippen molar-refractivity contribution in [2.75, 3.05) is 37.2 Å². The number of unbranched alkanes of at least 4 members (excludes halogenated alkanes) is 1. The van der Waals surface area contributed by atoms with Crippen LogP contribution in [0.25, 0.3) is 16.6 Å². The third-order valence-electron chi connectivity index (χ3n) is 7.01. The van der Waals surface area contributed by atoms with Gasteiger partial charge in [0.05, 0.1) is 24.1 Å². The molecule has 0 unspecified atom stereocenters. The zero-order valence-corrected chi connectivity index (χ0v) is 20.0. The number of hydrogen-bond donors (Lipinski definition) is 2. The average Bonchev–Trinajstić information content (AvgIpc) is 3.57. The molecule has 0 radical (unpaired) electrons. The van der Waals surface area contributed by atoms with Crippen LogP contribution >= 0.6 is 11.9 Å². The molecule has 2 aromatic heterocycles. The molecule has 2 N–H and O–H groups in total. The summed E-state index contributed by atoms with van der Waals surface area (Å²) in [5.74, 6) is 1.75. The van der Waals surface area contributed by atoms with Crippen LogP contribution < -0.4 is 5.32 Å². The normalized spacial score (nSPS) is 20.2. The van der Waals surface area contributed by atoms with E-state index in [1.54, 1.807) is 11.9 Å². The van der Waals surface area contributed by atoms with Crippen LogP contribution in [-0.4, -0.2) is 62.6 Å². The molecule has 2 aromatic rings. The fraction of sp³-hybridized carbons (Fsp3) is 0.520. The number of anilines is 1. The summed E-state index contributed by atoms with van der Waals surface area (Å²) < 4.78 is 2.33. The highest BCUT2D eigenvalue weighted by atomic mass is 32.2. The highest BCUT2D eigenvalue weighted by molar-refractivity contribution is 7.97. The number of H-pyrrole nitrogens is 1. The van der Waals surface area contributed by atoms with E-state index < -0.39 is 0 Å². The second kappa shape index (κ2) is 9.79. The predicted molar refractivity (Wildman–Crippen MR) is 133 cm³/mol. The van der Waals surface area contributed by atoms with Crippen LogP contribution in [-0.2, 0) is 4.79 Å². The van der Waals surface area contributed by atoms with E-state index in [1.165, 1.54) is 5.57 Å². The van der Waals surface area contributed by atoms with E-state index in [9.17, 15) is 10.1 Å². The lowest BCUT2D eigenvalue weighted by Crippen LogP contribution is -2.68. The van der Waals surface area contributed by atoms with Crippen molar-refractivity contribution in [3.05, 3.63) is 30.0 Å². The standard InChI is InChI=1S/C25H29N7OS/c26-9-1-2-14-34-32-16-25(17-32,8-10-27)31-12-6-18(7-13-31)21-15-22(30-24(33)19-3-4-19)29-23-20(21)5-11-28-23/h5-6,11,15,19H,1-4,7-8,12-14,16-17H2,(H2,28,29,30,33). The lowest BCUT2D eigenvalue weighted by Gasteiger charge is -2.55. The number of nitriles is 2.